The van der Waals surface area contributed by atoms with Gasteiger partial charge >= 0.3 is 0 Å². The maximum Gasteiger partial charge on any atom is 0.178 e. The Morgan fingerprint density at radius 3 is 2.69 bits per heavy atom. The second-order valence-electron chi connectivity index (χ2n) is 11.7. The summed E-state index contributed by atoms with van der Waals surface area (Å²) in [6.07, 6.45) is 8.60. The molecular formula is C29H36FNO5. The molecule has 0 radical (unpaired) electrons. The van der Waals surface area contributed by atoms with Gasteiger partial charge in [-0.1, -0.05) is 25.5 Å². The fourth-order valence-corrected chi connectivity index (χ4v) is 8.19. The number of fused-ring (bicyclic) bond motifs is 5. The van der Waals surface area contributed by atoms with E-state index in [9.17, 15) is 19.8 Å². The normalized spacial score (nSPS) is 43.3. The third-order valence-corrected chi connectivity index (χ3v) is 10.1. The van der Waals surface area contributed by atoms with Gasteiger partial charge in [0.2, 0.25) is 0 Å². The summed E-state index contributed by atoms with van der Waals surface area (Å²) < 4.78 is 22.9. The van der Waals surface area contributed by atoms with E-state index in [2.05, 4.69) is 4.98 Å². The number of halogens is 1. The van der Waals surface area contributed by atoms with Gasteiger partial charge in [0, 0.05) is 35.6 Å². The van der Waals surface area contributed by atoms with Crippen LogP contribution in [0.5, 0.6) is 5.75 Å². The summed E-state index contributed by atoms with van der Waals surface area (Å²) in [7, 11) is 0. The molecule has 0 spiro atoms. The molecule has 8 atom stereocenters. The quantitative estimate of drug-likeness (QED) is 0.573. The number of aromatic nitrogens is 1. The molecular weight excluding hydrogens is 461 g/mol. The van der Waals surface area contributed by atoms with Crippen LogP contribution >= 0.6 is 0 Å². The highest BCUT2D eigenvalue weighted by atomic mass is 19.1. The molecule has 3 fully saturated rings. The van der Waals surface area contributed by atoms with Crippen molar-refractivity contribution >= 4 is 11.6 Å². The van der Waals surface area contributed by atoms with E-state index in [1.807, 2.05) is 13.8 Å². The summed E-state index contributed by atoms with van der Waals surface area (Å²) >= 11 is 0. The van der Waals surface area contributed by atoms with Gasteiger partial charge in [-0.05, 0) is 75.1 Å². The van der Waals surface area contributed by atoms with Crippen LogP contribution in [0.3, 0.4) is 0 Å². The molecule has 6 nitrogen and oxygen atoms in total. The predicted octanol–water partition coefficient (Wildman–Crippen LogP) is 4.16. The number of hydrogen-bond donors (Lipinski definition) is 2. The van der Waals surface area contributed by atoms with Crippen LogP contribution < -0.4 is 4.74 Å². The number of allylic oxidation sites excluding steroid dienone is 4. The molecule has 194 valence electrons. The fraction of sp³-hybridized carbons (Fsp3) is 0.621. The standard InChI is InChI=1S/C29H36FNO5/c1-18-15-23-22-7-6-19-16-20(32)8-11-26(19,2)28(22,30)25(34)17-27(23,3)29(18,35)24(33)5-4-14-36-21-9-12-31-13-10-21/h8-13,16,18,22-23,25,34-35H,4-7,14-15,17H2,1-3H3/t18-,22+,23+,25+,26+,27+,28+,29+/m1/s1. The van der Waals surface area contributed by atoms with Gasteiger partial charge in [0.25, 0.3) is 0 Å². The number of carbonyl (C=O) groups excluding carboxylic acids is 2. The van der Waals surface area contributed by atoms with E-state index in [0.29, 0.717) is 38.0 Å². The molecule has 0 aromatic carbocycles. The minimum absolute atomic E-state index is 0.00455. The summed E-state index contributed by atoms with van der Waals surface area (Å²) in [6, 6.07) is 3.49. The van der Waals surface area contributed by atoms with E-state index in [-0.39, 0.29) is 36.2 Å². The Labute approximate surface area is 211 Å². The number of pyridine rings is 1. The van der Waals surface area contributed by atoms with Crippen molar-refractivity contribution in [3.8, 4) is 5.75 Å². The molecule has 0 amide bonds. The highest BCUT2D eigenvalue weighted by Crippen LogP contribution is 2.70. The molecule has 2 N–H and O–H groups in total. The summed E-state index contributed by atoms with van der Waals surface area (Å²) in [4.78, 5) is 29.5. The lowest BCUT2D eigenvalue weighted by molar-refractivity contribution is -0.218. The third kappa shape index (κ3) is 3.31. The molecule has 1 heterocycles. The Balaban J connectivity index is 1.38. The van der Waals surface area contributed by atoms with E-state index < -0.39 is 34.1 Å². The van der Waals surface area contributed by atoms with Crippen LogP contribution in [0.25, 0.3) is 0 Å². The minimum Gasteiger partial charge on any atom is -0.493 e. The van der Waals surface area contributed by atoms with Crippen molar-refractivity contribution in [1.29, 1.82) is 0 Å². The van der Waals surface area contributed by atoms with E-state index in [1.54, 1.807) is 37.5 Å². The van der Waals surface area contributed by atoms with Gasteiger partial charge in [0.15, 0.2) is 17.2 Å². The lowest BCUT2D eigenvalue weighted by Crippen LogP contribution is -2.69. The predicted molar refractivity (Wildman–Crippen MR) is 132 cm³/mol. The molecule has 0 aliphatic heterocycles. The SMILES string of the molecule is C[C@@H]1C[C@H]2[C@@H]3CCC4=CC(=O)C=C[C@]4(C)[C@@]3(F)[C@@H](O)C[C@]2(C)[C@@]1(O)C(=O)CCCOc1ccncc1. The van der Waals surface area contributed by atoms with Crippen molar-refractivity contribution in [1.82, 2.24) is 4.98 Å². The lowest BCUT2D eigenvalue weighted by Gasteiger charge is -2.62. The maximum atomic E-state index is 17.2. The van der Waals surface area contributed by atoms with Crippen LogP contribution in [0.15, 0.2) is 48.3 Å². The van der Waals surface area contributed by atoms with Crippen LogP contribution in [0, 0.1) is 28.6 Å². The molecule has 1 aromatic rings. The Kier molecular flexibility index (Phi) is 6.03. The first-order valence-corrected chi connectivity index (χ1v) is 13.1. The number of rotatable bonds is 6. The third-order valence-electron chi connectivity index (χ3n) is 10.1. The molecule has 4 aliphatic carbocycles. The first-order valence-electron chi connectivity index (χ1n) is 13.1. The van der Waals surface area contributed by atoms with Crippen molar-refractivity contribution in [3.63, 3.8) is 0 Å². The van der Waals surface area contributed by atoms with Crippen molar-refractivity contribution in [2.75, 3.05) is 6.61 Å². The van der Waals surface area contributed by atoms with Gasteiger partial charge in [-0.2, -0.15) is 0 Å². The summed E-state index contributed by atoms with van der Waals surface area (Å²) in [6.45, 7) is 5.84. The van der Waals surface area contributed by atoms with E-state index in [0.717, 1.165) is 5.57 Å². The lowest BCUT2D eigenvalue weighted by atomic mass is 9.44. The van der Waals surface area contributed by atoms with Gasteiger partial charge in [0.1, 0.15) is 11.4 Å². The smallest absolute Gasteiger partial charge is 0.178 e. The van der Waals surface area contributed by atoms with Crippen LogP contribution in [-0.2, 0) is 9.59 Å². The summed E-state index contributed by atoms with van der Waals surface area (Å²) in [5, 5.41) is 23.4. The number of nitrogens with zero attached hydrogens (tertiary/aromatic N) is 1. The van der Waals surface area contributed by atoms with Crippen molar-refractivity contribution in [3.05, 3.63) is 48.3 Å². The number of hydrogen-bond acceptors (Lipinski definition) is 6. The second kappa shape index (κ2) is 8.59. The van der Waals surface area contributed by atoms with Gasteiger partial charge in [0.05, 0.1) is 12.7 Å². The molecule has 0 bridgehead atoms. The number of aliphatic hydroxyl groups is 2. The average Bonchev–Trinajstić information content (AvgIpc) is 3.05. The summed E-state index contributed by atoms with van der Waals surface area (Å²) in [5.74, 6) is -0.878. The zero-order chi connectivity index (χ0) is 25.9. The second-order valence-corrected chi connectivity index (χ2v) is 11.7. The van der Waals surface area contributed by atoms with Crippen molar-refractivity contribution < 1.29 is 28.9 Å². The first-order chi connectivity index (χ1) is 17.0. The average molecular weight is 498 g/mol. The topological polar surface area (TPSA) is 96.7 Å². The summed E-state index contributed by atoms with van der Waals surface area (Å²) in [5.41, 5.74) is -4.91. The van der Waals surface area contributed by atoms with Gasteiger partial charge in [-0.25, -0.2) is 4.39 Å². The van der Waals surface area contributed by atoms with E-state index >= 15 is 4.39 Å². The fourth-order valence-electron chi connectivity index (χ4n) is 8.19. The maximum absolute atomic E-state index is 17.2. The molecule has 7 heteroatoms. The molecule has 5 rings (SSSR count). The Morgan fingerprint density at radius 2 is 1.97 bits per heavy atom. The molecule has 3 saturated carbocycles. The van der Waals surface area contributed by atoms with Crippen molar-refractivity contribution in [2.24, 2.45) is 28.6 Å². The van der Waals surface area contributed by atoms with E-state index in [4.69, 9.17) is 4.74 Å². The van der Waals surface area contributed by atoms with Gasteiger partial charge in [-0.3, -0.25) is 14.6 Å². The molecule has 4 aliphatic rings. The monoisotopic (exact) mass is 497 g/mol. The van der Waals surface area contributed by atoms with Crippen molar-refractivity contribution in [2.45, 2.75) is 76.7 Å². The van der Waals surface area contributed by atoms with Crippen LogP contribution in [0.4, 0.5) is 4.39 Å². The largest absolute Gasteiger partial charge is 0.493 e. The minimum atomic E-state index is -1.97. The Morgan fingerprint density at radius 1 is 1.25 bits per heavy atom. The zero-order valence-electron chi connectivity index (χ0n) is 21.2. The number of ether oxygens (including phenoxy) is 1. The first kappa shape index (κ1) is 25.3. The molecule has 1 aromatic heterocycles. The molecule has 0 unspecified atom stereocenters. The van der Waals surface area contributed by atoms with Gasteiger partial charge in [-0.15, -0.1) is 0 Å². The number of carbonyl (C=O) groups is 2. The van der Waals surface area contributed by atoms with Crippen LogP contribution in [0.1, 0.15) is 59.3 Å². The van der Waals surface area contributed by atoms with Gasteiger partial charge < -0.3 is 14.9 Å². The van der Waals surface area contributed by atoms with E-state index in [1.165, 1.54) is 12.2 Å². The zero-order valence-corrected chi connectivity index (χ0v) is 21.2. The Bertz CT molecular complexity index is 1120. The number of Topliss-reactive ketones (excluding diaryl/α,β-unsaturated/α-hetero) is 1. The molecule has 36 heavy (non-hydrogen) atoms. The van der Waals surface area contributed by atoms with Crippen LogP contribution in [0.2, 0.25) is 0 Å². The number of aliphatic hydroxyl groups excluding tert-OH is 1. The van der Waals surface area contributed by atoms with Crippen LogP contribution in [-0.4, -0.2) is 50.7 Å². The highest BCUT2D eigenvalue weighted by molar-refractivity contribution is 6.01. The Hall–Kier alpha value is -2.38. The molecule has 0 saturated heterocycles. The number of ketones is 2. The highest BCUT2D eigenvalue weighted by Gasteiger charge is 2.75. The number of alkyl halides is 1.